The lowest BCUT2D eigenvalue weighted by atomic mass is 10.3. The second-order valence-corrected chi connectivity index (χ2v) is 6.54. The molecule has 0 bridgehead atoms. The van der Waals surface area contributed by atoms with Crippen molar-refractivity contribution in [2.45, 2.75) is 0 Å². The number of imidazole rings is 1. The van der Waals surface area contributed by atoms with Crippen LogP contribution in [0.5, 0.6) is 0 Å². The number of aromatic nitrogens is 2. The first-order valence-electron chi connectivity index (χ1n) is 5.45. The van der Waals surface area contributed by atoms with Crippen molar-refractivity contribution in [2.24, 2.45) is 0 Å². The SMILES string of the molecule is Nc1nc2cc(I)ccc2n1-c1ccc(Br)c(Cl)c1. The smallest absolute Gasteiger partial charge is 0.205 e. The van der Waals surface area contributed by atoms with E-state index in [1.807, 2.05) is 41.0 Å². The van der Waals surface area contributed by atoms with Crippen LogP contribution in [-0.4, -0.2) is 9.55 Å². The van der Waals surface area contributed by atoms with E-state index in [2.05, 4.69) is 43.5 Å². The van der Waals surface area contributed by atoms with E-state index in [-0.39, 0.29) is 0 Å². The number of nitrogens with two attached hydrogens (primary N) is 1. The summed E-state index contributed by atoms with van der Waals surface area (Å²) in [5, 5.41) is 0.643. The number of benzene rings is 2. The molecule has 3 rings (SSSR count). The van der Waals surface area contributed by atoms with E-state index in [0.717, 1.165) is 24.8 Å². The maximum atomic E-state index is 6.14. The Labute approximate surface area is 137 Å². The molecule has 0 radical (unpaired) electrons. The molecule has 0 saturated heterocycles. The normalized spacial score (nSPS) is 11.1. The van der Waals surface area contributed by atoms with Gasteiger partial charge in [-0.05, 0) is 74.9 Å². The van der Waals surface area contributed by atoms with Gasteiger partial charge in [0.05, 0.1) is 21.7 Å². The van der Waals surface area contributed by atoms with Gasteiger partial charge in [-0.2, -0.15) is 0 Å². The fourth-order valence-corrected chi connectivity index (χ4v) is 2.86. The highest BCUT2D eigenvalue weighted by Gasteiger charge is 2.11. The summed E-state index contributed by atoms with van der Waals surface area (Å²) >= 11 is 11.8. The van der Waals surface area contributed by atoms with E-state index >= 15 is 0 Å². The van der Waals surface area contributed by atoms with Gasteiger partial charge in [-0.25, -0.2) is 4.98 Å². The Balaban J connectivity index is 2.29. The molecular weight excluding hydrogens is 440 g/mol. The van der Waals surface area contributed by atoms with Crippen molar-refractivity contribution in [1.29, 1.82) is 0 Å². The topological polar surface area (TPSA) is 43.8 Å². The molecule has 0 aliphatic rings. The minimum absolute atomic E-state index is 0.454. The summed E-state index contributed by atoms with van der Waals surface area (Å²) in [5.74, 6) is 0.454. The Morgan fingerprint density at radius 2 is 2.00 bits per heavy atom. The van der Waals surface area contributed by atoms with Crippen molar-refractivity contribution < 1.29 is 0 Å². The van der Waals surface area contributed by atoms with E-state index in [0.29, 0.717) is 11.0 Å². The van der Waals surface area contributed by atoms with Crippen molar-refractivity contribution in [3.8, 4) is 5.69 Å². The third kappa shape index (κ3) is 2.34. The number of anilines is 1. The summed E-state index contributed by atoms with van der Waals surface area (Å²) in [5.41, 5.74) is 8.76. The summed E-state index contributed by atoms with van der Waals surface area (Å²) in [7, 11) is 0. The highest BCUT2D eigenvalue weighted by molar-refractivity contribution is 14.1. The average molecular weight is 448 g/mol. The number of halogens is 3. The molecule has 0 unspecified atom stereocenters. The zero-order valence-electron chi connectivity index (χ0n) is 9.57. The van der Waals surface area contributed by atoms with Crippen molar-refractivity contribution >= 4 is 67.1 Å². The summed E-state index contributed by atoms with van der Waals surface area (Å²) in [6, 6.07) is 11.8. The average Bonchev–Trinajstić information content (AvgIpc) is 2.68. The molecule has 1 aromatic heterocycles. The summed E-state index contributed by atoms with van der Waals surface area (Å²) < 4.78 is 3.88. The lowest BCUT2D eigenvalue weighted by molar-refractivity contribution is 1.11. The summed E-state index contributed by atoms with van der Waals surface area (Å²) in [6.07, 6.45) is 0. The third-order valence-corrected chi connectivity index (χ3v) is 4.71. The maximum absolute atomic E-state index is 6.14. The number of hydrogen-bond acceptors (Lipinski definition) is 2. The highest BCUT2D eigenvalue weighted by Crippen LogP contribution is 2.29. The Kier molecular flexibility index (Phi) is 3.44. The number of fused-ring (bicyclic) bond motifs is 1. The second-order valence-electron chi connectivity index (χ2n) is 4.04. The van der Waals surface area contributed by atoms with Crippen LogP contribution >= 0.6 is 50.1 Å². The van der Waals surface area contributed by atoms with Gasteiger partial charge in [-0.3, -0.25) is 4.57 Å². The van der Waals surface area contributed by atoms with Crippen LogP contribution in [0.15, 0.2) is 40.9 Å². The van der Waals surface area contributed by atoms with Gasteiger partial charge in [0.15, 0.2) is 0 Å². The Bertz CT molecular complexity index is 785. The van der Waals surface area contributed by atoms with E-state index in [4.69, 9.17) is 17.3 Å². The van der Waals surface area contributed by atoms with Crippen LogP contribution < -0.4 is 5.73 Å². The number of hydrogen-bond donors (Lipinski definition) is 1. The zero-order chi connectivity index (χ0) is 13.6. The number of nitrogens with zero attached hydrogens (tertiary/aromatic N) is 2. The van der Waals surface area contributed by atoms with Gasteiger partial charge in [0.1, 0.15) is 0 Å². The first-order valence-corrected chi connectivity index (χ1v) is 7.70. The van der Waals surface area contributed by atoms with Gasteiger partial charge < -0.3 is 5.73 Å². The number of nitrogen functional groups attached to an aromatic ring is 1. The monoisotopic (exact) mass is 447 g/mol. The first kappa shape index (κ1) is 13.2. The summed E-state index contributed by atoms with van der Waals surface area (Å²) in [6.45, 7) is 0. The van der Waals surface area contributed by atoms with Gasteiger partial charge in [-0.15, -0.1) is 0 Å². The molecule has 0 fully saturated rings. The maximum Gasteiger partial charge on any atom is 0.205 e. The van der Waals surface area contributed by atoms with Crippen molar-refractivity contribution in [3.63, 3.8) is 0 Å². The third-order valence-electron chi connectivity index (χ3n) is 2.80. The fraction of sp³-hybridized carbons (Fsp3) is 0. The van der Waals surface area contributed by atoms with Crippen LogP contribution in [0.3, 0.4) is 0 Å². The lowest BCUT2D eigenvalue weighted by Crippen LogP contribution is -2.00. The minimum Gasteiger partial charge on any atom is -0.369 e. The van der Waals surface area contributed by atoms with Gasteiger partial charge >= 0.3 is 0 Å². The van der Waals surface area contributed by atoms with Gasteiger partial charge in [0.2, 0.25) is 5.95 Å². The highest BCUT2D eigenvalue weighted by atomic mass is 127. The van der Waals surface area contributed by atoms with E-state index < -0.39 is 0 Å². The van der Waals surface area contributed by atoms with E-state index in [1.54, 1.807) is 0 Å². The van der Waals surface area contributed by atoms with Gasteiger partial charge in [-0.1, -0.05) is 11.6 Å². The van der Waals surface area contributed by atoms with E-state index in [1.165, 1.54) is 0 Å². The Morgan fingerprint density at radius 3 is 2.74 bits per heavy atom. The van der Waals surface area contributed by atoms with E-state index in [9.17, 15) is 0 Å². The molecule has 2 aromatic carbocycles. The van der Waals surface area contributed by atoms with Crippen LogP contribution in [0.2, 0.25) is 5.02 Å². The van der Waals surface area contributed by atoms with Crippen LogP contribution in [0.4, 0.5) is 5.95 Å². The molecule has 6 heteroatoms. The lowest BCUT2D eigenvalue weighted by Gasteiger charge is -2.07. The molecule has 19 heavy (non-hydrogen) atoms. The minimum atomic E-state index is 0.454. The van der Waals surface area contributed by atoms with Crippen molar-refractivity contribution in [1.82, 2.24) is 9.55 Å². The van der Waals surface area contributed by atoms with Crippen LogP contribution in [0, 0.1) is 3.57 Å². The Hall–Kier alpha value is -0.790. The first-order chi connectivity index (χ1) is 9.06. The molecule has 0 aliphatic carbocycles. The molecule has 0 spiro atoms. The van der Waals surface area contributed by atoms with Crippen LogP contribution in [0.1, 0.15) is 0 Å². The molecule has 96 valence electrons. The molecule has 2 N–H and O–H groups in total. The predicted octanol–water partition coefficient (Wildman–Crippen LogP) is 4.63. The standard InChI is InChI=1S/C13H8BrClIN3/c14-9-3-2-8(6-10(9)15)19-12-4-1-7(16)5-11(12)18-13(19)17/h1-6H,(H2,17,18). The molecule has 1 heterocycles. The summed E-state index contributed by atoms with van der Waals surface area (Å²) in [4.78, 5) is 4.38. The fourth-order valence-electron chi connectivity index (χ4n) is 1.97. The number of rotatable bonds is 1. The zero-order valence-corrected chi connectivity index (χ0v) is 14.1. The van der Waals surface area contributed by atoms with Gasteiger partial charge in [0, 0.05) is 8.04 Å². The van der Waals surface area contributed by atoms with Gasteiger partial charge in [0.25, 0.3) is 0 Å². The van der Waals surface area contributed by atoms with Crippen LogP contribution in [0.25, 0.3) is 16.7 Å². The molecule has 3 aromatic rings. The van der Waals surface area contributed by atoms with Crippen molar-refractivity contribution in [2.75, 3.05) is 5.73 Å². The Morgan fingerprint density at radius 1 is 1.21 bits per heavy atom. The van der Waals surface area contributed by atoms with Crippen molar-refractivity contribution in [3.05, 3.63) is 49.5 Å². The molecular formula is C13H8BrClIN3. The second kappa shape index (κ2) is 4.96. The molecule has 0 saturated carbocycles. The molecule has 0 aliphatic heterocycles. The van der Waals surface area contributed by atoms with Crippen LogP contribution in [-0.2, 0) is 0 Å². The molecule has 3 nitrogen and oxygen atoms in total. The largest absolute Gasteiger partial charge is 0.369 e. The molecule has 0 amide bonds. The quantitative estimate of drug-likeness (QED) is 0.552. The predicted molar refractivity (Wildman–Crippen MR) is 90.9 cm³/mol. The molecule has 0 atom stereocenters.